The number of aromatic nitrogens is 5. The Hall–Kier alpha value is -2.56. The average molecular weight is 343 g/mol. The fourth-order valence-corrected chi connectivity index (χ4v) is 2.45. The number of tetrazole rings is 1. The average Bonchev–Trinajstić information content (AvgIpc) is 3.15. The molecule has 11 heteroatoms. The molecule has 0 saturated heterocycles. The molecule has 0 atom stereocenters. The Morgan fingerprint density at radius 3 is 2.61 bits per heavy atom. The summed E-state index contributed by atoms with van der Waals surface area (Å²) in [7, 11) is 0. The highest BCUT2D eigenvalue weighted by atomic mass is 32.2. The lowest BCUT2D eigenvalue weighted by atomic mass is 10.3. The zero-order valence-corrected chi connectivity index (χ0v) is 12.1. The fourth-order valence-electron chi connectivity index (χ4n) is 1.67. The molecule has 3 rings (SSSR count). The summed E-state index contributed by atoms with van der Waals surface area (Å²) < 4.78 is 46.4. The third-order valence-electron chi connectivity index (χ3n) is 2.60. The van der Waals surface area contributed by atoms with Gasteiger partial charge in [-0.15, -0.1) is 18.3 Å². The van der Waals surface area contributed by atoms with E-state index >= 15 is 0 Å². The molecule has 0 bridgehead atoms. The first kappa shape index (κ1) is 15.3. The number of ether oxygens (including phenoxy) is 1. The van der Waals surface area contributed by atoms with Gasteiger partial charge >= 0.3 is 6.36 Å². The van der Waals surface area contributed by atoms with Crippen LogP contribution in [0.15, 0.2) is 46.3 Å². The molecule has 0 unspecified atom stereocenters. The molecule has 1 aromatic carbocycles. The highest BCUT2D eigenvalue weighted by Crippen LogP contribution is 2.25. The lowest BCUT2D eigenvalue weighted by Gasteiger charge is -2.09. The Kier molecular flexibility index (Phi) is 4.19. The number of alkyl halides is 3. The van der Waals surface area contributed by atoms with Crippen LogP contribution in [0.5, 0.6) is 5.75 Å². The molecular formula is C12H8F3N5O2S. The van der Waals surface area contributed by atoms with Gasteiger partial charge in [-0.05, 0) is 34.7 Å². The Labute approximate surface area is 131 Å². The van der Waals surface area contributed by atoms with Gasteiger partial charge in [-0.25, -0.2) is 0 Å². The molecule has 0 amide bonds. The summed E-state index contributed by atoms with van der Waals surface area (Å²) in [6.07, 6.45) is -3.27. The van der Waals surface area contributed by atoms with E-state index in [1.54, 1.807) is 6.07 Å². The lowest BCUT2D eigenvalue weighted by Crippen LogP contribution is -2.17. The van der Waals surface area contributed by atoms with Gasteiger partial charge < -0.3 is 9.26 Å². The molecule has 0 N–H and O–H groups in total. The quantitative estimate of drug-likeness (QED) is 0.659. The van der Waals surface area contributed by atoms with E-state index in [2.05, 4.69) is 25.4 Å². The summed E-state index contributed by atoms with van der Waals surface area (Å²) >= 11 is 1.31. The molecule has 0 aliphatic rings. The van der Waals surface area contributed by atoms with E-state index in [1.807, 2.05) is 0 Å². The van der Waals surface area contributed by atoms with Crippen LogP contribution in [0.3, 0.4) is 0 Å². The highest BCUT2D eigenvalue weighted by Gasteiger charge is 2.31. The van der Waals surface area contributed by atoms with Gasteiger partial charge in [0.2, 0.25) is 5.16 Å². The van der Waals surface area contributed by atoms with Crippen LogP contribution in [0.4, 0.5) is 13.2 Å². The van der Waals surface area contributed by atoms with Gasteiger partial charge in [-0.3, -0.25) is 0 Å². The summed E-state index contributed by atoms with van der Waals surface area (Å²) in [5.41, 5.74) is 1.23. The summed E-state index contributed by atoms with van der Waals surface area (Å²) in [6.45, 7) is 0. The van der Waals surface area contributed by atoms with Crippen molar-refractivity contribution in [3.05, 3.63) is 42.3 Å². The van der Waals surface area contributed by atoms with E-state index in [0.29, 0.717) is 16.6 Å². The number of halogens is 3. The van der Waals surface area contributed by atoms with Crippen molar-refractivity contribution in [1.29, 1.82) is 0 Å². The molecule has 120 valence electrons. The van der Waals surface area contributed by atoms with Crippen molar-refractivity contribution in [2.24, 2.45) is 0 Å². The Morgan fingerprint density at radius 1 is 1.17 bits per heavy atom. The number of nitrogens with zero attached hydrogens (tertiary/aromatic N) is 5. The molecule has 0 aliphatic heterocycles. The molecule has 2 heterocycles. The summed E-state index contributed by atoms with van der Waals surface area (Å²) in [5.74, 6) is 0.178. The van der Waals surface area contributed by atoms with E-state index in [-0.39, 0.29) is 5.75 Å². The Balaban J connectivity index is 1.73. The van der Waals surface area contributed by atoms with Crippen LogP contribution in [-0.4, -0.2) is 31.7 Å². The minimum Gasteiger partial charge on any atom is -0.406 e. The molecular weight excluding hydrogens is 335 g/mol. The van der Waals surface area contributed by atoms with Crippen LogP contribution in [0.2, 0.25) is 0 Å². The smallest absolute Gasteiger partial charge is 0.406 e. The van der Waals surface area contributed by atoms with E-state index in [1.165, 1.54) is 47.0 Å². The van der Waals surface area contributed by atoms with Crippen molar-refractivity contribution in [2.75, 3.05) is 0 Å². The summed E-state index contributed by atoms with van der Waals surface area (Å²) in [4.78, 5) is 0. The second-order valence-electron chi connectivity index (χ2n) is 4.19. The SMILES string of the molecule is FC(F)(F)Oc1ccc(-n2nnnc2SCc2ccon2)cc1. The Morgan fingerprint density at radius 2 is 1.96 bits per heavy atom. The van der Waals surface area contributed by atoms with Crippen molar-refractivity contribution in [3.8, 4) is 11.4 Å². The van der Waals surface area contributed by atoms with Crippen molar-refractivity contribution >= 4 is 11.8 Å². The van der Waals surface area contributed by atoms with E-state index < -0.39 is 6.36 Å². The van der Waals surface area contributed by atoms with Crippen LogP contribution in [0.25, 0.3) is 5.69 Å². The van der Waals surface area contributed by atoms with Gasteiger partial charge in [0.05, 0.1) is 11.4 Å². The number of rotatable bonds is 5. The number of hydrogen-bond donors (Lipinski definition) is 0. The van der Waals surface area contributed by atoms with Gasteiger partial charge in [-0.1, -0.05) is 16.9 Å². The fraction of sp³-hybridized carbons (Fsp3) is 0.167. The molecule has 2 aromatic heterocycles. The minimum absolute atomic E-state index is 0.314. The van der Waals surface area contributed by atoms with Gasteiger partial charge in [0, 0.05) is 11.8 Å². The third-order valence-corrected chi connectivity index (χ3v) is 3.55. The molecule has 3 aromatic rings. The van der Waals surface area contributed by atoms with E-state index in [9.17, 15) is 13.2 Å². The minimum atomic E-state index is -4.73. The molecule has 0 saturated carbocycles. The molecule has 0 radical (unpaired) electrons. The van der Waals surface area contributed by atoms with Gasteiger partial charge in [0.25, 0.3) is 0 Å². The second kappa shape index (κ2) is 6.28. The first-order valence-corrected chi connectivity index (χ1v) is 7.16. The first-order valence-electron chi connectivity index (χ1n) is 6.18. The predicted octanol–water partition coefficient (Wildman–Crippen LogP) is 2.84. The second-order valence-corrected chi connectivity index (χ2v) is 5.14. The maximum Gasteiger partial charge on any atom is 0.573 e. The summed E-state index contributed by atoms with van der Waals surface area (Å²) in [6, 6.07) is 6.95. The zero-order chi connectivity index (χ0) is 16.3. The standard InChI is InChI=1S/C12H8F3N5O2S/c13-12(14,15)22-10-3-1-9(2-4-10)20-11(16-18-19-20)23-7-8-5-6-21-17-8/h1-6H,7H2. The number of thioether (sulfide) groups is 1. The van der Waals surface area contributed by atoms with E-state index in [0.717, 1.165) is 5.69 Å². The monoisotopic (exact) mass is 343 g/mol. The van der Waals surface area contributed by atoms with Gasteiger partial charge in [-0.2, -0.15) is 4.68 Å². The van der Waals surface area contributed by atoms with Crippen LogP contribution < -0.4 is 4.74 Å². The highest BCUT2D eigenvalue weighted by molar-refractivity contribution is 7.98. The van der Waals surface area contributed by atoms with Crippen molar-refractivity contribution in [1.82, 2.24) is 25.4 Å². The van der Waals surface area contributed by atoms with Crippen molar-refractivity contribution in [3.63, 3.8) is 0 Å². The molecule has 0 fully saturated rings. The topological polar surface area (TPSA) is 78.9 Å². The summed E-state index contributed by atoms with van der Waals surface area (Å²) in [5, 5.41) is 15.5. The van der Waals surface area contributed by atoms with Crippen LogP contribution in [-0.2, 0) is 5.75 Å². The number of hydrogen-bond acceptors (Lipinski definition) is 7. The maximum absolute atomic E-state index is 12.1. The largest absolute Gasteiger partial charge is 0.573 e. The first-order chi connectivity index (χ1) is 11.0. The Bertz CT molecular complexity index is 758. The molecule has 0 spiro atoms. The van der Waals surface area contributed by atoms with Crippen LogP contribution in [0.1, 0.15) is 5.69 Å². The molecule has 7 nitrogen and oxygen atoms in total. The molecule has 0 aliphatic carbocycles. The van der Waals surface area contributed by atoms with Crippen LogP contribution in [0, 0.1) is 0 Å². The van der Waals surface area contributed by atoms with Gasteiger partial charge in [0.1, 0.15) is 12.0 Å². The zero-order valence-electron chi connectivity index (χ0n) is 11.3. The normalized spacial score (nSPS) is 11.6. The predicted molar refractivity (Wildman–Crippen MR) is 71.9 cm³/mol. The lowest BCUT2D eigenvalue weighted by molar-refractivity contribution is -0.274. The van der Waals surface area contributed by atoms with Crippen molar-refractivity contribution in [2.45, 2.75) is 17.3 Å². The number of benzene rings is 1. The molecule has 23 heavy (non-hydrogen) atoms. The van der Waals surface area contributed by atoms with E-state index in [4.69, 9.17) is 4.52 Å². The van der Waals surface area contributed by atoms with Gasteiger partial charge in [0.15, 0.2) is 0 Å². The third kappa shape index (κ3) is 4.00. The van der Waals surface area contributed by atoms with Crippen LogP contribution >= 0.6 is 11.8 Å². The maximum atomic E-state index is 12.1. The van der Waals surface area contributed by atoms with Crippen molar-refractivity contribution < 1.29 is 22.4 Å².